The van der Waals surface area contributed by atoms with Crippen molar-refractivity contribution in [2.45, 2.75) is 33.1 Å². The zero-order chi connectivity index (χ0) is 14.6. The van der Waals surface area contributed by atoms with E-state index in [1.54, 1.807) is 7.05 Å². The zero-order valence-corrected chi connectivity index (χ0v) is 16.0. The molecule has 6 heteroatoms. The van der Waals surface area contributed by atoms with Crippen LogP contribution in [0.3, 0.4) is 0 Å². The van der Waals surface area contributed by atoms with Gasteiger partial charge in [0.05, 0.1) is 13.2 Å². The summed E-state index contributed by atoms with van der Waals surface area (Å²) >= 11 is 0. The summed E-state index contributed by atoms with van der Waals surface area (Å²) in [7, 11) is 1.81. The highest BCUT2D eigenvalue weighted by Crippen LogP contribution is 2.12. The van der Waals surface area contributed by atoms with Gasteiger partial charge in [-0.3, -0.25) is 4.99 Å². The lowest BCUT2D eigenvalue weighted by Crippen LogP contribution is -2.38. The molecule has 5 nitrogen and oxygen atoms in total. The Morgan fingerprint density at radius 1 is 1.33 bits per heavy atom. The molecule has 1 fully saturated rings. The Hall–Kier alpha value is -0.0800. The fraction of sp³-hybridized carbons (Fsp3) is 0.933. The van der Waals surface area contributed by atoms with Gasteiger partial charge in [0.1, 0.15) is 0 Å². The van der Waals surface area contributed by atoms with E-state index < -0.39 is 0 Å². The van der Waals surface area contributed by atoms with Crippen LogP contribution in [0.15, 0.2) is 4.99 Å². The van der Waals surface area contributed by atoms with E-state index >= 15 is 0 Å². The van der Waals surface area contributed by atoms with Crippen molar-refractivity contribution in [2.24, 2.45) is 16.8 Å². The van der Waals surface area contributed by atoms with E-state index in [-0.39, 0.29) is 24.0 Å². The molecule has 0 amide bonds. The lowest BCUT2D eigenvalue weighted by molar-refractivity contribution is 0.0888. The molecule has 1 saturated heterocycles. The number of aliphatic imine (C=N–C) groups is 1. The largest absolute Gasteiger partial charge is 0.381 e. The van der Waals surface area contributed by atoms with Crippen LogP contribution in [0.5, 0.6) is 0 Å². The van der Waals surface area contributed by atoms with Gasteiger partial charge in [0.15, 0.2) is 5.96 Å². The molecule has 0 aromatic rings. The third-order valence-electron chi connectivity index (χ3n) is 3.37. The number of ether oxygens (including phenoxy) is 2. The molecular weight excluding hydrogens is 381 g/mol. The van der Waals surface area contributed by atoms with E-state index in [2.05, 4.69) is 29.5 Å². The molecule has 126 valence electrons. The van der Waals surface area contributed by atoms with Gasteiger partial charge in [0.2, 0.25) is 0 Å². The molecule has 0 aromatic carbocycles. The lowest BCUT2D eigenvalue weighted by Gasteiger charge is -2.13. The van der Waals surface area contributed by atoms with Crippen LogP contribution >= 0.6 is 24.0 Å². The maximum Gasteiger partial charge on any atom is 0.190 e. The first-order chi connectivity index (χ1) is 9.72. The molecule has 0 bridgehead atoms. The highest BCUT2D eigenvalue weighted by Gasteiger charge is 2.15. The maximum atomic E-state index is 5.67. The Kier molecular flexibility index (Phi) is 13.5. The topological polar surface area (TPSA) is 54.9 Å². The van der Waals surface area contributed by atoms with E-state index in [0.717, 1.165) is 64.7 Å². The highest BCUT2D eigenvalue weighted by atomic mass is 127. The van der Waals surface area contributed by atoms with Crippen LogP contribution in [0, 0.1) is 11.8 Å². The van der Waals surface area contributed by atoms with Crippen LogP contribution in [0.4, 0.5) is 0 Å². The molecule has 0 aliphatic carbocycles. The van der Waals surface area contributed by atoms with Crippen LogP contribution in [0.25, 0.3) is 0 Å². The van der Waals surface area contributed by atoms with Crippen molar-refractivity contribution in [1.82, 2.24) is 10.6 Å². The number of hydrogen-bond donors (Lipinski definition) is 2. The summed E-state index contributed by atoms with van der Waals surface area (Å²) in [6.45, 7) is 9.71. The Labute approximate surface area is 146 Å². The number of guanidine groups is 1. The molecule has 0 spiro atoms. The fourth-order valence-electron chi connectivity index (χ4n) is 2.05. The van der Waals surface area contributed by atoms with Crippen molar-refractivity contribution in [3.05, 3.63) is 0 Å². The second-order valence-electron chi connectivity index (χ2n) is 5.77. The molecule has 1 atom stereocenters. The monoisotopic (exact) mass is 413 g/mol. The number of halogens is 1. The average Bonchev–Trinajstić information content (AvgIpc) is 2.93. The molecule has 2 N–H and O–H groups in total. The quantitative estimate of drug-likeness (QED) is 0.264. The molecule has 1 rings (SSSR count). The van der Waals surface area contributed by atoms with Gasteiger partial charge in [-0.15, -0.1) is 24.0 Å². The van der Waals surface area contributed by atoms with Crippen LogP contribution in [-0.4, -0.2) is 52.5 Å². The first kappa shape index (κ1) is 20.9. The van der Waals surface area contributed by atoms with Crippen molar-refractivity contribution in [2.75, 3.05) is 46.6 Å². The molecule has 0 aromatic heterocycles. The van der Waals surface area contributed by atoms with Gasteiger partial charge in [-0.2, -0.15) is 0 Å². The summed E-state index contributed by atoms with van der Waals surface area (Å²) < 4.78 is 11.0. The summed E-state index contributed by atoms with van der Waals surface area (Å²) in [5.74, 6) is 2.21. The maximum absolute atomic E-state index is 5.67. The number of hydrogen-bond acceptors (Lipinski definition) is 3. The molecule has 1 aliphatic rings. The van der Waals surface area contributed by atoms with Crippen molar-refractivity contribution in [1.29, 1.82) is 0 Å². The molecule has 21 heavy (non-hydrogen) atoms. The van der Waals surface area contributed by atoms with Gasteiger partial charge in [0.25, 0.3) is 0 Å². The fourth-order valence-corrected chi connectivity index (χ4v) is 2.05. The van der Waals surface area contributed by atoms with E-state index in [1.165, 1.54) is 0 Å². The SMILES string of the molecule is CN=C(NCCCOCC1CCOC1)NCCC(C)C.I. The molecule has 1 heterocycles. The van der Waals surface area contributed by atoms with Crippen molar-refractivity contribution in [3.63, 3.8) is 0 Å². The molecule has 1 aliphatic heterocycles. The summed E-state index contributed by atoms with van der Waals surface area (Å²) in [5.41, 5.74) is 0. The Morgan fingerprint density at radius 2 is 2.10 bits per heavy atom. The van der Waals surface area contributed by atoms with E-state index in [4.69, 9.17) is 9.47 Å². The van der Waals surface area contributed by atoms with Crippen molar-refractivity contribution < 1.29 is 9.47 Å². The van der Waals surface area contributed by atoms with Crippen molar-refractivity contribution >= 4 is 29.9 Å². The van der Waals surface area contributed by atoms with Crippen LogP contribution < -0.4 is 10.6 Å². The first-order valence-electron chi connectivity index (χ1n) is 7.82. The van der Waals surface area contributed by atoms with Gasteiger partial charge in [0, 0.05) is 39.3 Å². The van der Waals surface area contributed by atoms with E-state index in [9.17, 15) is 0 Å². The third-order valence-corrected chi connectivity index (χ3v) is 3.37. The second-order valence-corrected chi connectivity index (χ2v) is 5.77. The smallest absolute Gasteiger partial charge is 0.190 e. The molecular formula is C15H32IN3O2. The number of nitrogens with one attached hydrogen (secondary N) is 2. The standard InChI is InChI=1S/C15H31N3O2.HI/c1-13(2)5-8-18-15(16-3)17-7-4-9-19-11-14-6-10-20-12-14;/h13-14H,4-12H2,1-3H3,(H2,16,17,18);1H. The third kappa shape index (κ3) is 11.2. The van der Waals surface area contributed by atoms with E-state index in [1.807, 2.05) is 0 Å². The van der Waals surface area contributed by atoms with Crippen LogP contribution in [0.1, 0.15) is 33.1 Å². The normalized spacial score (nSPS) is 18.7. The number of rotatable bonds is 9. The summed E-state index contributed by atoms with van der Waals surface area (Å²) in [6.07, 6.45) is 3.30. The predicted octanol–water partition coefficient (Wildman–Crippen LogP) is 2.26. The van der Waals surface area contributed by atoms with Gasteiger partial charge in [-0.1, -0.05) is 13.8 Å². The summed E-state index contributed by atoms with van der Waals surface area (Å²) in [6, 6.07) is 0. The molecule has 0 radical (unpaired) electrons. The second kappa shape index (κ2) is 13.6. The zero-order valence-electron chi connectivity index (χ0n) is 13.7. The van der Waals surface area contributed by atoms with Gasteiger partial charge in [-0.05, 0) is 25.2 Å². The van der Waals surface area contributed by atoms with Crippen LogP contribution in [0.2, 0.25) is 0 Å². The Bertz CT molecular complexity index is 270. The first-order valence-corrected chi connectivity index (χ1v) is 7.82. The molecule has 1 unspecified atom stereocenters. The predicted molar refractivity (Wildman–Crippen MR) is 98.6 cm³/mol. The minimum absolute atomic E-state index is 0. The summed E-state index contributed by atoms with van der Waals surface area (Å²) in [5, 5.41) is 6.62. The highest BCUT2D eigenvalue weighted by molar-refractivity contribution is 14.0. The Morgan fingerprint density at radius 3 is 2.71 bits per heavy atom. The van der Waals surface area contributed by atoms with Crippen LogP contribution in [-0.2, 0) is 9.47 Å². The molecule has 0 saturated carbocycles. The van der Waals surface area contributed by atoms with E-state index in [0.29, 0.717) is 11.8 Å². The number of nitrogens with zero attached hydrogens (tertiary/aromatic N) is 1. The minimum atomic E-state index is 0. The van der Waals surface area contributed by atoms with Gasteiger partial charge in [-0.25, -0.2) is 0 Å². The van der Waals surface area contributed by atoms with Gasteiger partial charge < -0.3 is 20.1 Å². The van der Waals surface area contributed by atoms with Crippen molar-refractivity contribution in [3.8, 4) is 0 Å². The minimum Gasteiger partial charge on any atom is -0.381 e. The van der Waals surface area contributed by atoms with Gasteiger partial charge >= 0.3 is 0 Å². The lowest BCUT2D eigenvalue weighted by atomic mass is 10.1. The Balaban J connectivity index is 0.00000400. The average molecular weight is 413 g/mol. The summed E-state index contributed by atoms with van der Waals surface area (Å²) in [4.78, 5) is 4.20.